The van der Waals surface area contributed by atoms with Gasteiger partial charge in [0.05, 0.1) is 7.11 Å². The molecule has 3 aromatic rings. The fourth-order valence-electron chi connectivity index (χ4n) is 3.55. The Balaban J connectivity index is 1.28. The average molecular weight is 420 g/mol. The third-order valence-electron chi connectivity index (χ3n) is 5.24. The standard InChI is InChI=1S/C24H25N3O2S/c1-29-21-9-7-20(8-10-21)27-16-13-19(14-17-27)26-24(28)18-5-11-22(12-6-18)30-23-4-2-3-15-25-23/h2-12,15,19H,13-14,16-17H2,1H3,(H,26,28). The van der Waals surface area contributed by atoms with E-state index in [2.05, 4.69) is 27.3 Å². The van der Waals surface area contributed by atoms with Crippen molar-refractivity contribution in [2.45, 2.75) is 28.8 Å². The number of pyridine rings is 1. The van der Waals surface area contributed by atoms with E-state index >= 15 is 0 Å². The van der Waals surface area contributed by atoms with Crippen molar-refractivity contribution in [2.75, 3.05) is 25.1 Å². The number of aromatic nitrogens is 1. The van der Waals surface area contributed by atoms with Gasteiger partial charge in [0.15, 0.2) is 0 Å². The highest BCUT2D eigenvalue weighted by molar-refractivity contribution is 7.99. The summed E-state index contributed by atoms with van der Waals surface area (Å²) in [5.74, 6) is 0.859. The first-order valence-electron chi connectivity index (χ1n) is 10.1. The predicted octanol–water partition coefficient (Wildman–Crippen LogP) is 4.64. The van der Waals surface area contributed by atoms with Crippen molar-refractivity contribution >= 4 is 23.4 Å². The first-order chi connectivity index (χ1) is 14.7. The van der Waals surface area contributed by atoms with E-state index in [0.29, 0.717) is 5.56 Å². The number of rotatable bonds is 6. The molecule has 0 bridgehead atoms. The van der Waals surface area contributed by atoms with Crippen LogP contribution in [0.4, 0.5) is 5.69 Å². The van der Waals surface area contributed by atoms with Gasteiger partial charge in [-0.3, -0.25) is 4.79 Å². The number of nitrogens with zero attached hydrogens (tertiary/aromatic N) is 2. The molecule has 0 radical (unpaired) electrons. The highest BCUT2D eigenvalue weighted by atomic mass is 32.2. The predicted molar refractivity (Wildman–Crippen MR) is 120 cm³/mol. The smallest absolute Gasteiger partial charge is 0.251 e. The summed E-state index contributed by atoms with van der Waals surface area (Å²) in [5.41, 5.74) is 1.89. The van der Waals surface area contributed by atoms with E-state index in [1.807, 2.05) is 54.6 Å². The number of piperidine rings is 1. The number of benzene rings is 2. The first-order valence-corrected chi connectivity index (χ1v) is 10.9. The number of amides is 1. The summed E-state index contributed by atoms with van der Waals surface area (Å²) in [6.07, 6.45) is 3.65. The molecule has 154 valence electrons. The number of methoxy groups -OCH3 is 1. The normalized spacial score (nSPS) is 14.4. The number of anilines is 1. The maximum Gasteiger partial charge on any atom is 0.251 e. The number of hydrogen-bond acceptors (Lipinski definition) is 5. The zero-order chi connectivity index (χ0) is 20.8. The molecule has 1 aliphatic rings. The van der Waals surface area contributed by atoms with Crippen LogP contribution >= 0.6 is 11.8 Å². The number of carbonyl (C=O) groups is 1. The topological polar surface area (TPSA) is 54.5 Å². The molecule has 2 heterocycles. The quantitative estimate of drug-likeness (QED) is 0.631. The van der Waals surface area contributed by atoms with Crippen LogP contribution in [0, 0.1) is 0 Å². The first kappa shape index (κ1) is 20.3. The second kappa shape index (κ2) is 9.67. The molecule has 1 fully saturated rings. The Hall–Kier alpha value is -2.99. The Morgan fingerprint density at radius 1 is 1.03 bits per heavy atom. The minimum atomic E-state index is -0.00714. The van der Waals surface area contributed by atoms with Gasteiger partial charge in [-0.15, -0.1) is 0 Å². The van der Waals surface area contributed by atoms with Crippen LogP contribution in [0.15, 0.2) is 82.8 Å². The summed E-state index contributed by atoms with van der Waals surface area (Å²) >= 11 is 1.59. The number of nitrogens with one attached hydrogen (secondary N) is 1. The second-order valence-electron chi connectivity index (χ2n) is 7.23. The van der Waals surface area contributed by atoms with Crippen molar-refractivity contribution in [1.29, 1.82) is 0 Å². The van der Waals surface area contributed by atoms with Crippen molar-refractivity contribution in [3.63, 3.8) is 0 Å². The Bertz CT molecular complexity index is 954. The molecule has 0 saturated carbocycles. The van der Waals surface area contributed by atoms with Crippen molar-refractivity contribution in [2.24, 2.45) is 0 Å². The summed E-state index contributed by atoms with van der Waals surface area (Å²) in [7, 11) is 1.68. The van der Waals surface area contributed by atoms with Gasteiger partial charge >= 0.3 is 0 Å². The van der Waals surface area contributed by atoms with Crippen molar-refractivity contribution in [1.82, 2.24) is 10.3 Å². The minimum absolute atomic E-state index is 0.00714. The molecule has 1 amide bonds. The SMILES string of the molecule is COc1ccc(N2CCC(NC(=O)c3ccc(Sc4ccccn4)cc3)CC2)cc1. The lowest BCUT2D eigenvalue weighted by atomic mass is 10.0. The van der Waals surface area contributed by atoms with Gasteiger partial charge in [-0.1, -0.05) is 17.8 Å². The average Bonchev–Trinajstić information content (AvgIpc) is 2.81. The largest absolute Gasteiger partial charge is 0.497 e. The van der Waals surface area contributed by atoms with Crippen molar-refractivity contribution in [3.05, 3.63) is 78.5 Å². The summed E-state index contributed by atoms with van der Waals surface area (Å²) in [6, 6.07) is 21.9. The van der Waals surface area contributed by atoms with Gasteiger partial charge in [-0.25, -0.2) is 4.98 Å². The molecule has 6 heteroatoms. The fraction of sp³-hybridized carbons (Fsp3) is 0.250. The molecule has 2 aromatic carbocycles. The Labute approximate surface area is 181 Å². The van der Waals surface area contributed by atoms with Crippen LogP contribution in [0.2, 0.25) is 0 Å². The molecule has 0 unspecified atom stereocenters. The van der Waals surface area contributed by atoms with E-state index in [1.54, 1.807) is 25.1 Å². The zero-order valence-electron chi connectivity index (χ0n) is 17.0. The highest BCUT2D eigenvalue weighted by Gasteiger charge is 2.21. The van der Waals surface area contributed by atoms with Crippen molar-refractivity contribution < 1.29 is 9.53 Å². The van der Waals surface area contributed by atoms with Crippen LogP contribution in [-0.4, -0.2) is 37.1 Å². The molecule has 1 aromatic heterocycles. The lowest BCUT2D eigenvalue weighted by Gasteiger charge is -2.34. The van der Waals surface area contributed by atoms with E-state index in [0.717, 1.165) is 41.6 Å². The third kappa shape index (κ3) is 5.13. The van der Waals surface area contributed by atoms with Crippen molar-refractivity contribution in [3.8, 4) is 5.75 Å². The molecule has 30 heavy (non-hydrogen) atoms. The molecule has 0 aliphatic carbocycles. The maximum atomic E-state index is 12.6. The summed E-state index contributed by atoms with van der Waals surface area (Å²) in [4.78, 5) is 20.4. The van der Waals surface area contributed by atoms with Crippen LogP contribution in [0.5, 0.6) is 5.75 Å². The van der Waals surface area contributed by atoms with E-state index in [-0.39, 0.29) is 11.9 Å². The van der Waals surface area contributed by atoms with Gasteiger partial charge in [0.1, 0.15) is 10.8 Å². The Morgan fingerprint density at radius 3 is 2.40 bits per heavy atom. The monoisotopic (exact) mass is 419 g/mol. The van der Waals surface area contributed by atoms with E-state index in [9.17, 15) is 4.79 Å². The zero-order valence-corrected chi connectivity index (χ0v) is 17.8. The number of ether oxygens (including phenoxy) is 1. The molecule has 5 nitrogen and oxygen atoms in total. The number of carbonyl (C=O) groups excluding carboxylic acids is 1. The molecule has 1 aliphatic heterocycles. The van der Waals surface area contributed by atoms with E-state index in [1.165, 1.54) is 5.69 Å². The van der Waals surface area contributed by atoms with Gasteiger partial charge in [-0.2, -0.15) is 0 Å². The lowest BCUT2D eigenvalue weighted by Crippen LogP contribution is -2.44. The van der Waals surface area contributed by atoms with Crippen LogP contribution < -0.4 is 15.0 Å². The Kier molecular flexibility index (Phi) is 6.54. The van der Waals surface area contributed by atoms with E-state index in [4.69, 9.17) is 4.74 Å². The second-order valence-corrected chi connectivity index (χ2v) is 8.32. The van der Waals surface area contributed by atoms with E-state index < -0.39 is 0 Å². The third-order valence-corrected chi connectivity index (χ3v) is 6.20. The molecular weight excluding hydrogens is 394 g/mol. The van der Waals surface area contributed by atoms with Gasteiger partial charge in [0.2, 0.25) is 0 Å². The summed E-state index contributed by atoms with van der Waals surface area (Å²) < 4.78 is 5.23. The molecular formula is C24H25N3O2S. The van der Waals surface area contributed by atoms with Gasteiger partial charge in [0.25, 0.3) is 5.91 Å². The molecule has 1 saturated heterocycles. The Morgan fingerprint density at radius 2 is 1.77 bits per heavy atom. The summed E-state index contributed by atoms with van der Waals surface area (Å²) in [6.45, 7) is 1.86. The minimum Gasteiger partial charge on any atom is -0.497 e. The van der Waals surface area contributed by atoms with Gasteiger partial charge in [-0.05, 0) is 73.5 Å². The lowest BCUT2D eigenvalue weighted by molar-refractivity contribution is 0.0931. The fourth-order valence-corrected chi connectivity index (χ4v) is 4.32. The molecule has 1 N–H and O–H groups in total. The maximum absolute atomic E-state index is 12.6. The number of hydrogen-bond donors (Lipinski definition) is 1. The molecule has 4 rings (SSSR count). The van der Waals surface area contributed by atoms with Gasteiger partial charge in [0, 0.05) is 41.5 Å². The van der Waals surface area contributed by atoms with Crippen LogP contribution in [0.25, 0.3) is 0 Å². The molecule has 0 atom stereocenters. The highest BCUT2D eigenvalue weighted by Crippen LogP contribution is 2.26. The van der Waals surface area contributed by atoms with Gasteiger partial charge < -0.3 is 15.0 Å². The van der Waals surface area contributed by atoms with Crippen LogP contribution in [0.1, 0.15) is 23.2 Å². The van der Waals surface area contributed by atoms with Crippen LogP contribution in [-0.2, 0) is 0 Å². The van der Waals surface area contributed by atoms with Crippen LogP contribution in [0.3, 0.4) is 0 Å². The molecule has 0 spiro atoms. The summed E-state index contributed by atoms with van der Waals surface area (Å²) in [5, 5.41) is 4.13.